The van der Waals surface area contributed by atoms with E-state index in [0.29, 0.717) is 60.1 Å². The van der Waals surface area contributed by atoms with Crippen molar-refractivity contribution in [2.24, 2.45) is 16.0 Å². The molecule has 0 saturated carbocycles. The van der Waals surface area contributed by atoms with Crippen LogP contribution in [-0.4, -0.2) is 192 Å². The minimum Gasteiger partial charge on any atom is -0.444 e. The van der Waals surface area contributed by atoms with Crippen LogP contribution in [0, 0.1) is 35.1 Å². The van der Waals surface area contributed by atoms with Gasteiger partial charge < -0.3 is 62.4 Å². The Kier molecular flexibility index (Phi) is 33.3. The Balaban J connectivity index is 0.000000234. The Labute approximate surface area is 683 Å². The molecule has 4 N–H and O–H groups in total. The number of ketones is 2. The molecule has 26 nitrogen and oxygen atoms in total. The monoisotopic (exact) mass is 1770 g/mol. The van der Waals surface area contributed by atoms with Crippen molar-refractivity contribution in [3.8, 4) is 0 Å². The van der Waals surface area contributed by atoms with Crippen molar-refractivity contribution in [1.29, 1.82) is 0 Å². The number of ether oxygens (including phenoxy) is 3. The third-order valence-electron chi connectivity index (χ3n) is 18.5. The maximum absolute atomic E-state index is 13.9. The number of nitrogens with zero attached hydrogens (tertiary/aromatic N) is 11. The fourth-order valence-corrected chi connectivity index (χ4v) is 12.9. The molecule has 4 atom stereocenters. The third-order valence-corrected chi connectivity index (χ3v) is 19.3. The van der Waals surface area contributed by atoms with Gasteiger partial charge in [0, 0.05) is 126 Å². The summed E-state index contributed by atoms with van der Waals surface area (Å²) in [6.07, 6.45) is 13.4. The number of amides is 5. The largest absolute Gasteiger partial charge is 0.444 e. The Bertz CT molecular complexity index is 4230. The van der Waals surface area contributed by atoms with Crippen LogP contribution in [0.1, 0.15) is 195 Å². The van der Waals surface area contributed by atoms with Crippen LogP contribution < -0.4 is 26.2 Å². The van der Waals surface area contributed by atoms with Gasteiger partial charge in [0.2, 0.25) is 11.6 Å². The van der Waals surface area contributed by atoms with Crippen LogP contribution >= 0.6 is 15.9 Å². The van der Waals surface area contributed by atoms with Gasteiger partial charge in [0.25, 0.3) is 11.8 Å². The predicted molar refractivity (Wildman–Crippen MR) is 436 cm³/mol. The standard InChI is InChI=1S/C28H34N4O5.C23H26N4O3.C16H25N3O2.C10H20N2O2.C6H6BrN.CH3.W/c1-18-9-7-15-29-24(18)32(21-10-8-16-31(17-21)26(35)36-27(2,3)4)25(34)20-13-11-19(12-14-20)22-23(33)28(5,6)37-30-22;1-15-6-4-13-25-21(15)27(18-7-5-12-24-14-18)22(29)17-10-8-16(9-11-17)19-20(28)23(2,3)30-26-19;1-12-7-5-9-17-14(12)18-13-8-6-10-19(11-13)15(20)21-16(2,3)4;1-10(2,3)14-9(13)12-6-4-5-8(11)7-12;1-5-3-2-4-8-6(5)7;;/h7,9,11-15,21H,8,10,16-17H2,1-6H3;4,6,8-11,13,18,24H,5,7,12,14H2,1-3H3;5,7,9,13H,6,8,10-11H2,1-4H3,(H,17,18);8H,4-7,11H2,1-3H3;2-4H,1H3;1H3;/q;;;;;-1;/t21-;18-;13-;8-;;;/m1111.../s1. The van der Waals surface area contributed by atoms with Gasteiger partial charge in [-0.05, 0) is 262 Å². The van der Waals surface area contributed by atoms with Gasteiger partial charge in [-0.3, -0.25) is 29.0 Å². The predicted octanol–water partition coefficient (Wildman–Crippen LogP) is 14.5. The zero-order valence-electron chi connectivity index (χ0n) is 68.4. The molecule has 2 aromatic carbocycles. The van der Waals surface area contributed by atoms with E-state index in [4.69, 9.17) is 29.6 Å². The van der Waals surface area contributed by atoms with Crippen molar-refractivity contribution < 1.29 is 78.5 Å². The van der Waals surface area contributed by atoms with Crippen LogP contribution in [0.4, 0.5) is 31.8 Å². The van der Waals surface area contributed by atoms with E-state index in [1.165, 1.54) is 5.56 Å². The van der Waals surface area contributed by atoms with Crippen LogP contribution in [0.15, 0.2) is 137 Å². The van der Waals surface area contributed by atoms with E-state index in [1.54, 1.807) is 126 Å². The Hall–Kier alpha value is -9.04. The number of anilines is 3. The maximum atomic E-state index is 13.9. The van der Waals surface area contributed by atoms with Gasteiger partial charge in [-0.15, -0.1) is 0 Å². The van der Waals surface area contributed by atoms with Crippen molar-refractivity contribution in [3.63, 3.8) is 0 Å². The fraction of sp³-hybridized carbons (Fsp3) is 0.500. The van der Waals surface area contributed by atoms with Crippen molar-refractivity contribution in [3.05, 3.63) is 178 Å². The number of benzene rings is 2. The number of carbonyl (C=O) groups is 7. The quantitative estimate of drug-likeness (QED) is 0.0652. The molecule has 0 bridgehead atoms. The molecule has 0 spiro atoms. The smallest absolute Gasteiger partial charge is 0.410 e. The number of hydrogen-bond acceptors (Lipinski definition) is 21. The van der Waals surface area contributed by atoms with Crippen LogP contribution in [-0.2, 0) is 54.5 Å². The number of aryl methyl sites for hydroxylation is 4. The molecule has 6 aliphatic rings. The van der Waals surface area contributed by atoms with E-state index >= 15 is 0 Å². The molecule has 0 aliphatic carbocycles. The number of Topliss-reactive ketones (excluding diaryl/α,β-unsaturated/α-hetero) is 2. The average Bonchev–Trinajstić information content (AvgIpc) is 1.78. The van der Waals surface area contributed by atoms with Gasteiger partial charge in [-0.25, -0.2) is 34.3 Å². The molecule has 4 aromatic heterocycles. The summed E-state index contributed by atoms with van der Waals surface area (Å²) in [5.74, 6) is 1.42. The summed E-state index contributed by atoms with van der Waals surface area (Å²) in [7, 11) is 0. The van der Waals surface area contributed by atoms with Crippen LogP contribution in [0.3, 0.4) is 0 Å². The molecule has 10 heterocycles. The van der Waals surface area contributed by atoms with E-state index in [-0.39, 0.29) is 106 Å². The van der Waals surface area contributed by atoms with Gasteiger partial charge in [-0.2, -0.15) is 0 Å². The molecular weight excluding hydrogens is 1660 g/mol. The summed E-state index contributed by atoms with van der Waals surface area (Å²) < 4.78 is 17.2. The van der Waals surface area contributed by atoms with E-state index in [0.717, 1.165) is 105 Å². The zero-order valence-corrected chi connectivity index (χ0v) is 72.9. The minimum absolute atomic E-state index is 0. The van der Waals surface area contributed by atoms with Crippen LogP contribution in [0.2, 0.25) is 0 Å². The Morgan fingerprint density at radius 2 is 0.920 bits per heavy atom. The number of aromatic nitrogens is 4. The molecule has 0 radical (unpaired) electrons. The number of pyridine rings is 4. The summed E-state index contributed by atoms with van der Waals surface area (Å²) in [5.41, 5.74) is 9.18. The van der Waals surface area contributed by atoms with Crippen molar-refractivity contribution in [1.82, 2.24) is 40.0 Å². The second-order valence-corrected chi connectivity index (χ2v) is 33.0. The first-order chi connectivity index (χ1) is 51.8. The van der Waals surface area contributed by atoms with Crippen molar-refractivity contribution in [2.45, 2.75) is 221 Å². The van der Waals surface area contributed by atoms with Crippen molar-refractivity contribution in [2.75, 3.05) is 67.5 Å². The molecule has 6 aliphatic heterocycles. The number of piperidine rings is 4. The second-order valence-electron chi connectivity index (χ2n) is 32.3. The van der Waals surface area contributed by atoms with E-state index in [9.17, 15) is 33.6 Å². The Morgan fingerprint density at radius 1 is 0.527 bits per heavy atom. The molecule has 28 heteroatoms. The molecule has 6 aromatic rings. The first-order valence-corrected chi connectivity index (χ1v) is 38.6. The number of halogens is 1. The summed E-state index contributed by atoms with van der Waals surface area (Å²) in [5, 5.41) is 14.7. The van der Waals surface area contributed by atoms with Gasteiger partial charge in [0.1, 0.15) is 38.9 Å². The molecule has 5 amide bonds. The molecule has 12 rings (SSSR count). The summed E-state index contributed by atoms with van der Waals surface area (Å²) in [6, 6.07) is 29.3. The second kappa shape index (κ2) is 40.6. The number of carbonyl (C=O) groups excluding carboxylic acids is 7. The molecule has 606 valence electrons. The van der Waals surface area contributed by atoms with E-state index in [2.05, 4.69) is 56.8 Å². The molecular formula is C84H114BrN14O12W-. The van der Waals surface area contributed by atoms with Gasteiger partial charge in [-0.1, -0.05) is 58.8 Å². The topological polar surface area (TPSA) is 308 Å². The summed E-state index contributed by atoms with van der Waals surface area (Å²) in [4.78, 5) is 126. The minimum atomic E-state index is -1.00. The summed E-state index contributed by atoms with van der Waals surface area (Å²) >= 11 is 3.28. The van der Waals surface area contributed by atoms with Crippen LogP contribution in [0.25, 0.3) is 0 Å². The first kappa shape index (κ1) is 91.8. The number of nitrogens with one attached hydrogen (secondary N) is 2. The molecule has 0 unspecified atom stereocenters. The van der Waals surface area contributed by atoms with Crippen LogP contribution in [0.5, 0.6) is 0 Å². The average molecular weight is 1780 g/mol. The Morgan fingerprint density at radius 3 is 1.30 bits per heavy atom. The fourth-order valence-electron chi connectivity index (χ4n) is 12.7. The van der Waals surface area contributed by atoms with Gasteiger partial charge >= 0.3 is 18.3 Å². The summed E-state index contributed by atoms with van der Waals surface area (Å²) in [6.45, 7) is 36.8. The number of nitrogens with two attached hydrogens (primary N) is 1. The SMILES string of the molecule is CC(C)(C)OC(=O)N1CCC[C@@H](N)C1.Cc1cccnc1Br.Cc1cccnc1N(C(=O)c1ccc(C2=NOC(C)(C)C2=O)cc1)[C@@H]1CCCN(C(=O)OC(C)(C)C)C1.Cc1cccnc1N(C(=O)c1ccc(C2=NOC(C)(C)C2=O)cc1)[C@@H]1CCCNC1.Cc1cccnc1N[C@@H]1CCCN(C(=O)OC(C)(C)C)C1.[CH3-].[W]. The number of hydrogen-bond donors (Lipinski definition) is 3. The number of oxime groups is 2. The third kappa shape index (κ3) is 26.3. The van der Waals surface area contributed by atoms with Gasteiger partial charge in [0.05, 0.1) is 12.1 Å². The van der Waals surface area contributed by atoms with E-state index in [1.807, 2.05) is 139 Å². The zero-order chi connectivity index (χ0) is 80.5. The molecule has 4 fully saturated rings. The molecule has 112 heavy (non-hydrogen) atoms. The number of likely N-dealkylation sites (tertiary alicyclic amines) is 3. The first-order valence-electron chi connectivity index (χ1n) is 37.8. The van der Waals surface area contributed by atoms with E-state index < -0.39 is 28.0 Å². The molecule has 4 saturated heterocycles. The van der Waals surface area contributed by atoms with Gasteiger partial charge in [0.15, 0.2) is 22.6 Å². The number of rotatable bonds is 10. The van der Waals surface area contributed by atoms with Crippen molar-refractivity contribution >= 4 is 86.5 Å². The normalized spacial score (nSPS) is 19.0. The maximum Gasteiger partial charge on any atom is 0.410 e.